The van der Waals surface area contributed by atoms with E-state index in [0.717, 1.165) is 42.3 Å². The van der Waals surface area contributed by atoms with Gasteiger partial charge in [0.1, 0.15) is 11.6 Å². The molecule has 5 N–H and O–H groups in total. The molecule has 1 aromatic carbocycles. The number of hydrogen-bond acceptors (Lipinski definition) is 7. The Morgan fingerprint density at radius 1 is 1.10 bits per heavy atom. The molecule has 2 atom stereocenters. The molecule has 152 valence electrons. The molecule has 30 heavy (non-hydrogen) atoms. The number of benzene rings is 1. The van der Waals surface area contributed by atoms with Crippen molar-refractivity contribution in [2.45, 2.75) is 37.8 Å². The molecule has 3 aromatic heterocycles. The molecule has 0 saturated heterocycles. The summed E-state index contributed by atoms with van der Waals surface area (Å²) in [4.78, 5) is 21.8. The summed E-state index contributed by atoms with van der Waals surface area (Å²) >= 11 is 0. The third kappa shape index (κ3) is 3.46. The molecule has 0 radical (unpaired) electrons. The van der Waals surface area contributed by atoms with Crippen LogP contribution >= 0.6 is 0 Å². The van der Waals surface area contributed by atoms with Gasteiger partial charge < -0.3 is 16.4 Å². The van der Waals surface area contributed by atoms with Gasteiger partial charge in [0.25, 0.3) is 5.56 Å². The number of rotatable bonds is 4. The third-order valence-electron chi connectivity index (χ3n) is 5.69. The van der Waals surface area contributed by atoms with Crippen LogP contribution in [-0.4, -0.2) is 32.2 Å². The van der Waals surface area contributed by atoms with Crippen molar-refractivity contribution in [3.05, 3.63) is 59.1 Å². The molecule has 0 bridgehead atoms. The fourth-order valence-corrected chi connectivity index (χ4v) is 4.15. The van der Waals surface area contributed by atoms with Gasteiger partial charge in [-0.1, -0.05) is 31.0 Å². The van der Waals surface area contributed by atoms with Crippen molar-refractivity contribution in [3.63, 3.8) is 0 Å². The van der Waals surface area contributed by atoms with E-state index in [9.17, 15) is 4.79 Å². The summed E-state index contributed by atoms with van der Waals surface area (Å²) in [6.45, 7) is 0. The van der Waals surface area contributed by atoms with E-state index in [1.54, 1.807) is 12.4 Å². The van der Waals surface area contributed by atoms with Crippen LogP contribution in [0.25, 0.3) is 21.7 Å². The number of anilines is 3. The lowest BCUT2D eigenvalue weighted by Gasteiger charge is -2.30. The van der Waals surface area contributed by atoms with E-state index in [1.165, 1.54) is 0 Å². The zero-order valence-corrected chi connectivity index (χ0v) is 16.4. The van der Waals surface area contributed by atoms with Crippen LogP contribution in [0.5, 0.6) is 0 Å². The number of aromatic amines is 1. The second-order valence-electron chi connectivity index (χ2n) is 7.72. The summed E-state index contributed by atoms with van der Waals surface area (Å²) in [5.41, 5.74) is 7.61. The standard InChI is InChI=1S/C22H23N7O/c23-15-7-1-2-8-16(15)26-18-11-14-12-25-29-22(30)19(14)21(28-18)27-17-9-3-5-13-6-4-10-24-20(13)17/h3-6,9-12,15-16H,1-2,7-8,23H2,(H,29,30)(H2,26,27,28)/t15-,16+/m0/s1. The number of nitrogens with zero attached hydrogens (tertiary/aromatic N) is 3. The van der Waals surface area contributed by atoms with Crippen molar-refractivity contribution < 1.29 is 0 Å². The van der Waals surface area contributed by atoms with Gasteiger partial charge in [-0.05, 0) is 31.0 Å². The molecule has 0 unspecified atom stereocenters. The highest BCUT2D eigenvalue weighted by molar-refractivity contribution is 5.98. The minimum Gasteiger partial charge on any atom is -0.366 e. The Hall–Kier alpha value is -3.52. The molecule has 5 rings (SSSR count). The van der Waals surface area contributed by atoms with E-state index in [-0.39, 0.29) is 17.6 Å². The van der Waals surface area contributed by atoms with Gasteiger partial charge in [-0.3, -0.25) is 9.78 Å². The number of para-hydroxylation sites is 1. The van der Waals surface area contributed by atoms with E-state index >= 15 is 0 Å². The number of hydrogen-bond donors (Lipinski definition) is 4. The normalized spacial score (nSPS) is 19.1. The number of aromatic nitrogens is 4. The van der Waals surface area contributed by atoms with Crippen molar-refractivity contribution in [1.29, 1.82) is 0 Å². The monoisotopic (exact) mass is 401 g/mol. The molecule has 1 saturated carbocycles. The van der Waals surface area contributed by atoms with Gasteiger partial charge in [0.2, 0.25) is 0 Å². The van der Waals surface area contributed by atoms with Crippen LogP contribution in [0.1, 0.15) is 25.7 Å². The fraction of sp³-hybridized carbons (Fsp3) is 0.273. The molecule has 0 amide bonds. The molecular weight excluding hydrogens is 378 g/mol. The van der Waals surface area contributed by atoms with Crippen LogP contribution in [0.3, 0.4) is 0 Å². The Balaban J connectivity index is 1.60. The summed E-state index contributed by atoms with van der Waals surface area (Å²) in [5.74, 6) is 1.13. The average Bonchev–Trinajstić information content (AvgIpc) is 2.76. The van der Waals surface area contributed by atoms with Crippen molar-refractivity contribution in [2.24, 2.45) is 5.73 Å². The highest BCUT2D eigenvalue weighted by Gasteiger charge is 2.22. The van der Waals surface area contributed by atoms with Crippen LogP contribution < -0.4 is 21.9 Å². The first-order chi connectivity index (χ1) is 14.7. The van der Waals surface area contributed by atoms with Gasteiger partial charge in [-0.25, -0.2) is 10.1 Å². The fourth-order valence-electron chi connectivity index (χ4n) is 4.15. The topological polar surface area (TPSA) is 122 Å². The van der Waals surface area contributed by atoms with Crippen molar-refractivity contribution in [3.8, 4) is 0 Å². The highest BCUT2D eigenvalue weighted by atomic mass is 16.1. The molecule has 0 spiro atoms. The molecule has 1 fully saturated rings. The van der Waals surface area contributed by atoms with Gasteiger partial charge in [-0.15, -0.1) is 0 Å². The summed E-state index contributed by atoms with van der Waals surface area (Å²) in [7, 11) is 0. The number of fused-ring (bicyclic) bond motifs is 2. The second kappa shape index (κ2) is 7.72. The molecule has 4 aromatic rings. The van der Waals surface area contributed by atoms with E-state index in [2.05, 4.69) is 25.8 Å². The SMILES string of the molecule is N[C@H]1CCCC[C@H]1Nc1cc2cn[nH]c(=O)c2c(Nc2cccc3cccnc23)n1. The van der Waals surface area contributed by atoms with Gasteiger partial charge in [0.15, 0.2) is 0 Å². The summed E-state index contributed by atoms with van der Waals surface area (Å²) < 4.78 is 0. The molecule has 3 heterocycles. The van der Waals surface area contributed by atoms with Crippen molar-refractivity contribution >= 4 is 39.0 Å². The molecule has 0 aliphatic heterocycles. The number of nitrogens with one attached hydrogen (secondary N) is 3. The summed E-state index contributed by atoms with van der Waals surface area (Å²) in [6, 6.07) is 11.9. The Bertz CT molecular complexity index is 1260. The van der Waals surface area contributed by atoms with Crippen LogP contribution in [-0.2, 0) is 0 Å². The lowest BCUT2D eigenvalue weighted by molar-refractivity contribution is 0.403. The third-order valence-corrected chi connectivity index (χ3v) is 5.69. The second-order valence-corrected chi connectivity index (χ2v) is 7.72. The number of nitrogens with two attached hydrogens (primary N) is 1. The predicted molar refractivity (Wildman–Crippen MR) is 119 cm³/mol. The van der Waals surface area contributed by atoms with Gasteiger partial charge in [-0.2, -0.15) is 5.10 Å². The van der Waals surface area contributed by atoms with E-state index in [4.69, 9.17) is 10.7 Å². The highest BCUT2D eigenvalue weighted by Crippen LogP contribution is 2.29. The first-order valence-electron chi connectivity index (χ1n) is 10.2. The number of pyridine rings is 2. The Morgan fingerprint density at radius 2 is 1.97 bits per heavy atom. The average molecular weight is 401 g/mol. The smallest absolute Gasteiger partial charge is 0.275 e. The molecule has 1 aliphatic rings. The lowest BCUT2D eigenvalue weighted by atomic mass is 9.91. The van der Waals surface area contributed by atoms with Crippen molar-refractivity contribution in [2.75, 3.05) is 10.6 Å². The first-order valence-corrected chi connectivity index (χ1v) is 10.2. The van der Waals surface area contributed by atoms with Crippen molar-refractivity contribution in [1.82, 2.24) is 20.2 Å². The Kier molecular flexibility index (Phi) is 4.76. The summed E-state index contributed by atoms with van der Waals surface area (Å²) in [5, 5.41) is 15.4. The summed E-state index contributed by atoms with van der Waals surface area (Å²) in [6.07, 6.45) is 7.69. The Morgan fingerprint density at radius 3 is 2.87 bits per heavy atom. The molecule has 8 heteroatoms. The maximum absolute atomic E-state index is 12.6. The number of H-pyrrole nitrogens is 1. The first kappa shape index (κ1) is 18.5. The zero-order chi connectivity index (χ0) is 20.5. The maximum Gasteiger partial charge on any atom is 0.275 e. The van der Waals surface area contributed by atoms with E-state index in [0.29, 0.717) is 22.4 Å². The largest absolute Gasteiger partial charge is 0.366 e. The zero-order valence-electron chi connectivity index (χ0n) is 16.4. The Labute approximate surface area is 172 Å². The van der Waals surface area contributed by atoms with E-state index in [1.807, 2.05) is 36.4 Å². The predicted octanol–water partition coefficient (Wildman–Crippen LogP) is 3.29. The van der Waals surface area contributed by atoms with Crippen LogP contribution in [0.4, 0.5) is 17.3 Å². The van der Waals surface area contributed by atoms with E-state index < -0.39 is 0 Å². The van der Waals surface area contributed by atoms with Crippen LogP contribution in [0, 0.1) is 0 Å². The van der Waals surface area contributed by atoms with Gasteiger partial charge in [0.05, 0.1) is 22.8 Å². The van der Waals surface area contributed by atoms with Crippen LogP contribution in [0.2, 0.25) is 0 Å². The van der Waals surface area contributed by atoms with Gasteiger partial charge in [0, 0.05) is 29.1 Å². The molecular formula is C22H23N7O. The maximum atomic E-state index is 12.6. The lowest BCUT2D eigenvalue weighted by Crippen LogP contribution is -2.42. The van der Waals surface area contributed by atoms with Crippen LogP contribution in [0.15, 0.2) is 53.6 Å². The minimum absolute atomic E-state index is 0.0900. The minimum atomic E-state index is -0.295. The quantitative estimate of drug-likeness (QED) is 0.414. The molecule has 8 nitrogen and oxygen atoms in total. The van der Waals surface area contributed by atoms with Gasteiger partial charge >= 0.3 is 0 Å². The molecule has 1 aliphatic carbocycles.